The van der Waals surface area contributed by atoms with Crippen molar-refractivity contribution in [3.8, 4) is 0 Å². The summed E-state index contributed by atoms with van der Waals surface area (Å²) < 4.78 is 0. The molecule has 1 aliphatic rings. The lowest BCUT2D eigenvalue weighted by Crippen LogP contribution is -2.29. The van der Waals surface area contributed by atoms with Crippen molar-refractivity contribution in [1.82, 2.24) is 0 Å². The number of azide groups is 1. The van der Waals surface area contributed by atoms with E-state index >= 15 is 0 Å². The largest absolute Gasteiger partial charge is 0.155 e. The van der Waals surface area contributed by atoms with Gasteiger partial charge in [-0.05, 0) is 16.6 Å². The smallest absolute Gasteiger partial charge is 0.0765 e. The zero-order chi connectivity index (χ0) is 14.3. The zero-order valence-corrected chi connectivity index (χ0v) is 10.6. The Morgan fingerprint density at radius 1 is 1.05 bits per heavy atom. The Kier molecular flexibility index (Phi) is 4.24. The fraction of sp³-hybridized carbons (Fsp3) is 0.143. The van der Waals surface area contributed by atoms with E-state index in [2.05, 4.69) is 20.1 Å². The van der Waals surface area contributed by atoms with Crippen molar-refractivity contribution in [3.63, 3.8) is 0 Å². The summed E-state index contributed by atoms with van der Waals surface area (Å²) >= 11 is 0. The van der Waals surface area contributed by atoms with Crippen LogP contribution in [0.5, 0.6) is 0 Å². The second-order valence-electron chi connectivity index (χ2n) is 4.20. The summed E-state index contributed by atoms with van der Waals surface area (Å²) in [5.41, 5.74) is 17.2. The lowest BCUT2D eigenvalue weighted by atomic mass is 9.88. The molecule has 6 nitrogen and oxygen atoms in total. The summed E-state index contributed by atoms with van der Waals surface area (Å²) in [4.78, 5) is 5.59. The van der Waals surface area contributed by atoms with Gasteiger partial charge < -0.3 is 0 Å². The van der Waals surface area contributed by atoms with E-state index in [1.54, 1.807) is 12.2 Å². The highest BCUT2D eigenvalue weighted by atomic mass is 15.3. The van der Waals surface area contributed by atoms with Gasteiger partial charge in [0.15, 0.2) is 5.66 Å². The molecule has 20 heavy (non-hydrogen) atoms. The fourth-order valence-corrected chi connectivity index (χ4v) is 1.98. The van der Waals surface area contributed by atoms with Crippen LogP contribution in [-0.2, 0) is 0 Å². The van der Waals surface area contributed by atoms with E-state index in [0.29, 0.717) is 0 Å². The van der Waals surface area contributed by atoms with E-state index in [0.717, 1.165) is 5.56 Å². The highest BCUT2D eigenvalue weighted by molar-refractivity contribution is 5.50. The van der Waals surface area contributed by atoms with E-state index in [1.807, 2.05) is 54.6 Å². The molecule has 0 fully saturated rings. The first-order valence-corrected chi connectivity index (χ1v) is 6.02. The third-order valence-corrected chi connectivity index (χ3v) is 2.97. The second kappa shape index (κ2) is 6.29. The lowest BCUT2D eigenvalue weighted by molar-refractivity contribution is 0.465. The van der Waals surface area contributed by atoms with Crippen LogP contribution in [-0.4, -0.2) is 5.66 Å². The van der Waals surface area contributed by atoms with Gasteiger partial charge >= 0.3 is 0 Å². The molecule has 0 aliphatic heterocycles. The molecule has 0 aromatic heterocycles. The van der Waals surface area contributed by atoms with Crippen LogP contribution in [0.3, 0.4) is 0 Å². The normalized spacial score (nSPS) is 24.1. The van der Waals surface area contributed by atoms with Crippen molar-refractivity contribution < 1.29 is 0 Å². The minimum Gasteiger partial charge on any atom is -0.0765 e. The molecule has 1 aromatic carbocycles. The fourth-order valence-electron chi connectivity index (χ4n) is 1.98. The topological polar surface area (TPSA) is 97.5 Å². The van der Waals surface area contributed by atoms with Crippen LogP contribution >= 0.6 is 0 Å². The molecule has 0 saturated heterocycles. The van der Waals surface area contributed by atoms with Crippen molar-refractivity contribution in [1.29, 1.82) is 0 Å². The lowest BCUT2D eigenvalue weighted by Gasteiger charge is -2.27. The summed E-state index contributed by atoms with van der Waals surface area (Å²) in [6.45, 7) is 0. The number of rotatable bonds is 4. The molecule has 0 heterocycles. The van der Waals surface area contributed by atoms with Crippen LogP contribution in [0.4, 0.5) is 0 Å². The Labute approximate surface area is 116 Å². The SMILES string of the molecule is [N-]=[N+]=NC1(N=[N+]=[N-])C=CC=CC1C=Cc1ccccc1. The summed E-state index contributed by atoms with van der Waals surface area (Å²) in [6.07, 6.45) is 10.7. The van der Waals surface area contributed by atoms with Gasteiger partial charge in [-0.1, -0.05) is 77.0 Å². The Bertz CT molecular complexity index is 628. The highest BCUT2D eigenvalue weighted by Crippen LogP contribution is 2.32. The van der Waals surface area contributed by atoms with Gasteiger partial charge in [-0.3, -0.25) is 0 Å². The van der Waals surface area contributed by atoms with Crippen LogP contribution in [0.25, 0.3) is 27.0 Å². The van der Waals surface area contributed by atoms with E-state index in [-0.39, 0.29) is 5.92 Å². The van der Waals surface area contributed by atoms with E-state index < -0.39 is 5.66 Å². The van der Waals surface area contributed by atoms with E-state index in [9.17, 15) is 0 Å². The summed E-state index contributed by atoms with van der Waals surface area (Å²) in [7, 11) is 0. The van der Waals surface area contributed by atoms with E-state index in [4.69, 9.17) is 11.1 Å². The van der Waals surface area contributed by atoms with Crippen molar-refractivity contribution in [2.24, 2.45) is 16.1 Å². The van der Waals surface area contributed by atoms with Crippen molar-refractivity contribution in [2.75, 3.05) is 0 Å². The second-order valence-corrected chi connectivity index (χ2v) is 4.20. The molecule has 98 valence electrons. The first-order valence-electron chi connectivity index (χ1n) is 6.02. The Hall–Kier alpha value is -2.94. The van der Waals surface area contributed by atoms with Crippen molar-refractivity contribution in [2.45, 2.75) is 5.66 Å². The molecule has 1 aromatic rings. The Balaban J connectivity index is 2.35. The Morgan fingerprint density at radius 3 is 2.40 bits per heavy atom. The maximum atomic E-state index is 8.71. The van der Waals surface area contributed by atoms with Crippen LogP contribution in [0.1, 0.15) is 5.56 Å². The van der Waals surface area contributed by atoms with E-state index in [1.165, 1.54) is 0 Å². The summed E-state index contributed by atoms with van der Waals surface area (Å²) in [5, 5.41) is 7.34. The van der Waals surface area contributed by atoms with Gasteiger partial charge in [0, 0.05) is 15.7 Å². The number of allylic oxidation sites excluding steroid dienone is 2. The molecule has 1 unspecified atom stereocenters. The van der Waals surface area contributed by atoms with Crippen molar-refractivity contribution >= 4 is 6.08 Å². The van der Waals surface area contributed by atoms with Crippen LogP contribution in [0.2, 0.25) is 0 Å². The molecule has 0 spiro atoms. The van der Waals surface area contributed by atoms with Gasteiger partial charge in [0.1, 0.15) is 0 Å². The molecular weight excluding hydrogens is 252 g/mol. The number of hydrogen-bond donors (Lipinski definition) is 0. The van der Waals surface area contributed by atoms with Gasteiger partial charge in [-0.25, -0.2) is 0 Å². The first kappa shape index (κ1) is 13.5. The average Bonchev–Trinajstić information content (AvgIpc) is 2.48. The van der Waals surface area contributed by atoms with Gasteiger partial charge in [-0.2, -0.15) is 0 Å². The van der Waals surface area contributed by atoms with Gasteiger partial charge in [0.05, 0.1) is 0 Å². The molecule has 0 saturated carbocycles. The summed E-state index contributed by atoms with van der Waals surface area (Å²) in [6, 6.07) is 9.73. The highest BCUT2D eigenvalue weighted by Gasteiger charge is 2.33. The monoisotopic (exact) mass is 264 g/mol. The van der Waals surface area contributed by atoms with Crippen molar-refractivity contribution in [3.05, 3.63) is 87.2 Å². The maximum absolute atomic E-state index is 8.71. The molecule has 0 bridgehead atoms. The molecule has 2 rings (SSSR count). The van der Waals surface area contributed by atoms with Crippen LogP contribution in [0.15, 0.2) is 70.9 Å². The molecule has 1 aliphatic carbocycles. The van der Waals surface area contributed by atoms with Crippen LogP contribution in [0, 0.1) is 5.92 Å². The number of nitrogens with zero attached hydrogens (tertiary/aromatic N) is 6. The zero-order valence-electron chi connectivity index (χ0n) is 10.6. The molecule has 0 radical (unpaired) electrons. The molecule has 0 amide bonds. The summed E-state index contributed by atoms with van der Waals surface area (Å²) in [5.74, 6) is -0.320. The Morgan fingerprint density at radius 2 is 1.75 bits per heavy atom. The molecular formula is C14H12N6. The predicted molar refractivity (Wildman–Crippen MR) is 78.3 cm³/mol. The average molecular weight is 264 g/mol. The number of benzene rings is 1. The maximum Gasteiger partial charge on any atom is 0.155 e. The molecule has 6 heteroatoms. The minimum atomic E-state index is -1.26. The standard InChI is InChI=1S/C14H12N6/c15-19-17-14(18-20-16)11-5-4-8-13(14)10-9-12-6-2-1-3-7-12/h1-11,13H. The van der Waals surface area contributed by atoms with Gasteiger partial charge in [0.25, 0.3) is 0 Å². The first-order chi connectivity index (χ1) is 9.80. The number of hydrogen-bond acceptors (Lipinski definition) is 2. The third-order valence-electron chi connectivity index (χ3n) is 2.97. The molecule has 1 atom stereocenters. The predicted octanol–water partition coefficient (Wildman–Crippen LogP) is 4.76. The third kappa shape index (κ3) is 2.90. The quantitative estimate of drug-likeness (QED) is 0.425. The van der Waals surface area contributed by atoms with Crippen LogP contribution < -0.4 is 0 Å². The van der Waals surface area contributed by atoms with Gasteiger partial charge in [-0.15, -0.1) is 0 Å². The molecule has 0 N–H and O–H groups in total. The minimum absolute atomic E-state index is 0.320. The van der Waals surface area contributed by atoms with Gasteiger partial charge in [0.2, 0.25) is 0 Å².